The van der Waals surface area contributed by atoms with Crippen LogP contribution in [0, 0.1) is 17.0 Å². The molecule has 28 heavy (non-hydrogen) atoms. The maximum absolute atomic E-state index is 11.2. The van der Waals surface area contributed by atoms with Crippen LogP contribution in [0.25, 0.3) is 0 Å². The van der Waals surface area contributed by atoms with Crippen LogP contribution in [0.1, 0.15) is 23.6 Å². The number of ether oxygens (including phenoxy) is 1. The topological polar surface area (TPSA) is 95.4 Å². The van der Waals surface area contributed by atoms with Crippen molar-refractivity contribution in [3.05, 3.63) is 75.6 Å². The number of nitrogens with zero attached hydrogens (tertiary/aromatic N) is 5. The Hall–Kier alpha value is -3.20. The van der Waals surface area contributed by atoms with Crippen molar-refractivity contribution in [2.75, 3.05) is 6.61 Å². The molecule has 0 unspecified atom stereocenters. The highest BCUT2D eigenvalue weighted by molar-refractivity contribution is 7.98. The average molecular weight is 397 g/mol. The van der Waals surface area contributed by atoms with Gasteiger partial charge in [0.15, 0.2) is 5.75 Å². The molecule has 0 aliphatic carbocycles. The number of rotatable bonds is 8. The molecule has 0 spiro atoms. The second kappa shape index (κ2) is 9.14. The first-order chi connectivity index (χ1) is 13.6. The van der Waals surface area contributed by atoms with Crippen molar-refractivity contribution in [1.29, 1.82) is 0 Å². The van der Waals surface area contributed by atoms with Gasteiger partial charge < -0.3 is 4.74 Å². The highest BCUT2D eigenvalue weighted by Gasteiger charge is 2.15. The van der Waals surface area contributed by atoms with E-state index < -0.39 is 4.92 Å². The molecule has 1 aromatic heterocycles. The summed E-state index contributed by atoms with van der Waals surface area (Å²) in [7, 11) is 0. The Bertz CT molecular complexity index is 985. The van der Waals surface area contributed by atoms with Crippen LogP contribution in [-0.4, -0.2) is 32.6 Å². The lowest BCUT2D eigenvalue weighted by Crippen LogP contribution is -1.99. The van der Waals surface area contributed by atoms with E-state index >= 15 is 0 Å². The summed E-state index contributed by atoms with van der Waals surface area (Å²) in [5.41, 5.74) is 2.88. The highest BCUT2D eigenvalue weighted by Crippen LogP contribution is 2.27. The quantitative estimate of drug-likeness (QED) is 0.246. The Balaban J connectivity index is 1.73. The van der Waals surface area contributed by atoms with Gasteiger partial charge in [0.25, 0.3) is 0 Å². The van der Waals surface area contributed by atoms with Crippen molar-refractivity contribution >= 4 is 23.7 Å². The zero-order chi connectivity index (χ0) is 19.9. The first kappa shape index (κ1) is 19.6. The molecule has 8 nitrogen and oxygen atoms in total. The van der Waals surface area contributed by atoms with Gasteiger partial charge in [0.05, 0.1) is 17.7 Å². The van der Waals surface area contributed by atoms with E-state index in [1.54, 1.807) is 23.7 Å². The Kier molecular flexibility index (Phi) is 6.38. The van der Waals surface area contributed by atoms with Gasteiger partial charge >= 0.3 is 5.69 Å². The number of hydrogen-bond donors (Lipinski definition) is 0. The van der Waals surface area contributed by atoms with Crippen molar-refractivity contribution in [3.8, 4) is 5.75 Å². The van der Waals surface area contributed by atoms with Gasteiger partial charge in [-0.3, -0.25) is 10.1 Å². The number of aromatic nitrogens is 3. The zero-order valence-electron chi connectivity index (χ0n) is 15.5. The van der Waals surface area contributed by atoms with E-state index in [4.69, 9.17) is 4.74 Å². The molecular weight excluding hydrogens is 378 g/mol. The minimum absolute atomic E-state index is 0.0940. The summed E-state index contributed by atoms with van der Waals surface area (Å²) in [6.45, 7) is 4.19. The lowest BCUT2D eigenvalue weighted by Gasteiger charge is -2.04. The number of benzene rings is 2. The third-order valence-electron chi connectivity index (χ3n) is 3.80. The molecule has 0 saturated carbocycles. The van der Waals surface area contributed by atoms with E-state index in [2.05, 4.69) is 39.6 Å². The molecule has 0 bridgehead atoms. The van der Waals surface area contributed by atoms with Crippen LogP contribution < -0.4 is 4.74 Å². The van der Waals surface area contributed by atoms with Gasteiger partial charge in [-0.25, -0.2) is 0 Å². The summed E-state index contributed by atoms with van der Waals surface area (Å²) in [5.74, 6) is 0.978. The molecular formula is C19H19N5O3S. The van der Waals surface area contributed by atoms with Crippen molar-refractivity contribution < 1.29 is 9.66 Å². The lowest BCUT2D eigenvalue weighted by molar-refractivity contribution is -0.385. The Morgan fingerprint density at radius 3 is 2.79 bits per heavy atom. The van der Waals surface area contributed by atoms with E-state index in [9.17, 15) is 10.1 Å². The number of aryl methyl sites for hydroxylation is 1. The highest BCUT2D eigenvalue weighted by atomic mass is 32.2. The maximum Gasteiger partial charge on any atom is 0.311 e. The monoisotopic (exact) mass is 397 g/mol. The van der Waals surface area contributed by atoms with Crippen molar-refractivity contribution in [2.45, 2.75) is 24.8 Å². The summed E-state index contributed by atoms with van der Waals surface area (Å²) in [6, 6.07) is 13.0. The summed E-state index contributed by atoms with van der Waals surface area (Å²) >= 11 is 1.51. The molecule has 0 saturated heterocycles. The number of thioether (sulfide) groups is 1. The first-order valence-corrected chi connectivity index (χ1v) is 9.59. The van der Waals surface area contributed by atoms with Crippen molar-refractivity contribution in [2.24, 2.45) is 5.10 Å². The van der Waals surface area contributed by atoms with E-state index in [-0.39, 0.29) is 11.4 Å². The van der Waals surface area contributed by atoms with E-state index in [1.807, 2.05) is 6.92 Å². The Morgan fingerprint density at radius 2 is 2.07 bits per heavy atom. The molecule has 3 rings (SSSR count). The fourth-order valence-corrected chi connectivity index (χ4v) is 3.21. The van der Waals surface area contributed by atoms with Gasteiger partial charge in [-0.15, -0.1) is 10.2 Å². The summed E-state index contributed by atoms with van der Waals surface area (Å²) in [5, 5.41) is 24.2. The van der Waals surface area contributed by atoms with Crippen LogP contribution in [0.2, 0.25) is 0 Å². The number of nitro benzene ring substituents is 1. The van der Waals surface area contributed by atoms with Crippen molar-refractivity contribution in [1.82, 2.24) is 14.9 Å². The van der Waals surface area contributed by atoms with Crippen LogP contribution in [0.15, 0.2) is 59.0 Å². The zero-order valence-corrected chi connectivity index (χ0v) is 16.3. The summed E-state index contributed by atoms with van der Waals surface area (Å²) in [6.07, 6.45) is 3.03. The molecule has 9 heteroatoms. The largest absolute Gasteiger partial charge is 0.487 e. The van der Waals surface area contributed by atoms with Crippen LogP contribution in [0.3, 0.4) is 0 Å². The Morgan fingerprint density at radius 1 is 1.29 bits per heavy atom. The second-order valence-corrected chi connectivity index (χ2v) is 6.84. The molecule has 0 amide bonds. The van der Waals surface area contributed by atoms with Crippen LogP contribution in [0.5, 0.6) is 5.75 Å². The van der Waals surface area contributed by atoms with Gasteiger partial charge in [-0.1, -0.05) is 41.6 Å². The summed E-state index contributed by atoms with van der Waals surface area (Å²) in [4.78, 5) is 10.8. The van der Waals surface area contributed by atoms with Crippen LogP contribution in [-0.2, 0) is 5.75 Å². The van der Waals surface area contributed by atoms with Crippen LogP contribution in [0.4, 0.5) is 5.69 Å². The molecule has 0 aliphatic heterocycles. The van der Waals surface area contributed by atoms with E-state index in [0.29, 0.717) is 17.3 Å². The molecule has 3 aromatic rings. The third-order valence-corrected chi connectivity index (χ3v) is 4.80. The standard InChI is InChI=1S/C19H19N5O3S/c1-3-27-18-9-8-16(10-17(18)24(25)26)11-21-23-13-20-22-19(23)28-12-15-6-4-14(2)5-7-15/h4-11,13H,3,12H2,1-2H3/b21-11-. The lowest BCUT2D eigenvalue weighted by atomic mass is 10.2. The third kappa shape index (κ3) is 4.95. The molecule has 0 atom stereocenters. The second-order valence-electron chi connectivity index (χ2n) is 5.89. The summed E-state index contributed by atoms with van der Waals surface area (Å²) < 4.78 is 6.83. The number of hydrogen-bond acceptors (Lipinski definition) is 7. The average Bonchev–Trinajstić information content (AvgIpc) is 3.14. The normalized spacial score (nSPS) is 11.1. The van der Waals surface area contributed by atoms with Crippen LogP contribution >= 0.6 is 11.8 Å². The molecule has 0 N–H and O–H groups in total. The first-order valence-electron chi connectivity index (χ1n) is 8.60. The van der Waals surface area contributed by atoms with Gasteiger partial charge in [-0.2, -0.15) is 9.78 Å². The molecule has 0 radical (unpaired) electrons. The van der Waals surface area contributed by atoms with Gasteiger partial charge in [0, 0.05) is 17.4 Å². The van der Waals surface area contributed by atoms with Crippen molar-refractivity contribution in [3.63, 3.8) is 0 Å². The van der Waals surface area contributed by atoms with Gasteiger partial charge in [0.1, 0.15) is 6.33 Å². The van der Waals surface area contributed by atoms with Gasteiger partial charge in [-0.05, 0) is 31.5 Å². The molecule has 0 fully saturated rings. The predicted molar refractivity (Wildman–Crippen MR) is 108 cm³/mol. The Labute approximate surface area is 166 Å². The minimum atomic E-state index is -0.468. The number of nitro groups is 1. The van der Waals surface area contributed by atoms with E-state index in [0.717, 1.165) is 5.75 Å². The molecule has 2 aromatic carbocycles. The SMILES string of the molecule is CCOc1ccc(/C=N\n2cnnc2SCc2ccc(C)cc2)cc1[N+](=O)[O-]. The van der Waals surface area contributed by atoms with Gasteiger partial charge in [0.2, 0.25) is 5.16 Å². The smallest absolute Gasteiger partial charge is 0.311 e. The fourth-order valence-electron chi connectivity index (χ4n) is 2.39. The van der Waals surface area contributed by atoms with E-state index in [1.165, 1.54) is 41.5 Å². The molecule has 144 valence electrons. The molecule has 0 aliphatic rings. The fraction of sp³-hybridized carbons (Fsp3) is 0.211. The minimum Gasteiger partial charge on any atom is -0.487 e. The predicted octanol–water partition coefficient (Wildman–Crippen LogP) is 4.07. The maximum atomic E-state index is 11.2. The molecule has 1 heterocycles.